The third-order valence-corrected chi connectivity index (χ3v) is 4.54. The summed E-state index contributed by atoms with van der Waals surface area (Å²) < 4.78 is 6.04. The Kier molecular flexibility index (Phi) is 7.18. The predicted octanol–water partition coefficient (Wildman–Crippen LogP) is 2.90. The zero-order valence-corrected chi connectivity index (χ0v) is 16.6. The van der Waals surface area contributed by atoms with Crippen molar-refractivity contribution in [1.82, 2.24) is 9.55 Å². The van der Waals surface area contributed by atoms with Gasteiger partial charge < -0.3 is 10.1 Å². The number of hydrogen-bond acceptors (Lipinski definition) is 6. The van der Waals surface area contributed by atoms with Crippen LogP contribution in [0.1, 0.15) is 42.6 Å². The smallest absolute Gasteiger partial charge is 0.345 e. The second-order valence-electron chi connectivity index (χ2n) is 6.10. The molecule has 1 aromatic carbocycles. The van der Waals surface area contributed by atoms with Gasteiger partial charge in [-0.1, -0.05) is 37.7 Å². The predicted molar refractivity (Wildman–Crippen MR) is 105 cm³/mol. The van der Waals surface area contributed by atoms with E-state index in [0.717, 1.165) is 0 Å². The fourth-order valence-electron chi connectivity index (χ4n) is 2.42. The highest BCUT2D eigenvalue weighted by atomic mass is 32.2. The Balaban J connectivity index is 2.22. The van der Waals surface area contributed by atoms with E-state index in [1.54, 1.807) is 13.2 Å². The molecule has 144 valence electrons. The van der Waals surface area contributed by atoms with Crippen molar-refractivity contribution in [3.63, 3.8) is 0 Å². The summed E-state index contributed by atoms with van der Waals surface area (Å²) in [5.74, 6) is -0.734. The Labute approximate surface area is 162 Å². The first-order chi connectivity index (χ1) is 12.9. The van der Waals surface area contributed by atoms with Gasteiger partial charge in [0.2, 0.25) is 5.91 Å². The minimum Gasteiger partial charge on any atom is -0.462 e. The number of anilines is 1. The van der Waals surface area contributed by atoms with Crippen LogP contribution in [0.4, 0.5) is 5.69 Å². The van der Waals surface area contributed by atoms with Crippen LogP contribution in [0.5, 0.6) is 0 Å². The number of benzene rings is 1. The van der Waals surface area contributed by atoms with Gasteiger partial charge >= 0.3 is 5.97 Å². The third-order valence-electron chi connectivity index (χ3n) is 3.85. The van der Waals surface area contributed by atoms with Crippen LogP contribution in [0.15, 0.2) is 40.4 Å². The van der Waals surface area contributed by atoms with Gasteiger partial charge in [-0.2, -0.15) is 0 Å². The number of thioether (sulfide) groups is 1. The lowest BCUT2D eigenvalue weighted by molar-refractivity contribution is -0.116. The molecule has 0 saturated carbocycles. The van der Waals surface area contributed by atoms with Gasteiger partial charge in [-0.15, -0.1) is 0 Å². The molecule has 0 bridgehead atoms. The van der Waals surface area contributed by atoms with Crippen LogP contribution in [0.3, 0.4) is 0 Å². The van der Waals surface area contributed by atoms with Crippen LogP contribution >= 0.6 is 11.8 Å². The summed E-state index contributed by atoms with van der Waals surface area (Å²) in [6, 6.07) is 7.53. The second kappa shape index (κ2) is 9.36. The lowest BCUT2D eigenvalue weighted by atomic mass is 10.0. The molecule has 27 heavy (non-hydrogen) atoms. The number of hydrogen-bond donors (Lipinski definition) is 1. The number of rotatable bonds is 7. The molecule has 0 aliphatic heterocycles. The zero-order chi connectivity index (χ0) is 20.0. The van der Waals surface area contributed by atoms with E-state index < -0.39 is 11.5 Å². The highest BCUT2D eigenvalue weighted by Gasteiger charge is 2.18. The Hall–Kier alpha value is -2.61. The summed E-state index contributed by atoms with van der Waals surface area (Å²) in [4.78, 5) is 41.0. The Bertz CT molecular complexity index is 876. The quantitative estimate of drug-likeness (QED) is 0.445. The van der Waals surface area contributed by atoms with Gasteiger partial charge in [-0.25, -0.2) is 9.78 Å². The van der Waals surface area contributed by atoms with E-state index in [0.29, 0.717) is 16.8 Å². The maximum absolute atomic E-state index is 12.6. The fraction of sp³-hybridized carbons (Fsp3) is 0.368. The molecule has 0 fully saturated rings. The van der Waals surface area contributed by atoms with E-state index >= 15 is 0 Å². The number of ether oxygens (including phenoxy) is 1. The summed E-state index contributed by atoms with van der Waals surface area (Å²) in [7, 11) is 0. The number of amides is 1. The molecule has 2 rings (SSSR count). The minimum atomic E-state index is -0.749. The Morgan fingerprint density at radius 3 is 2.48 bits per heavy atom. The molecule has 1 amide bonds. The van der Waals surface area contributed by atoms with Gasteiger partial charge in [0.05, 0.1) is 12.8 Å². The summed E-state index contributed by atoms with van der Waals surface area (Å²) in [6.45, 7) is 5.73. The van der Waals surface area contributed by atoms with Gasteiger partial charge in [-0.3, -0.25) is 14.2 Å². The lowest BCUT2D eigenvalue weighted by Gasteiger charge is -2.12. The van der Waals surface area contributed by atoms with Crippen LogP contribution in [-0.2, 0) is 16.1 Å². The highest BCUT2D eigenvalue weighted by Crippen LogP contribution is 2.17. The minimum absolute atomic E-state index is 0.148. The van der Waals surface area contributed by atoms with Gasteiger partial charge in [0.15, 0.2) is 5.16 Å². The molecule has 0 atom stereocenters. The first-order valence-electron chi connectivity index (χ1n) is 8.58. The van der Waals surface area contributed by atoms with Crippen molar-refractivity contribution >= 4 is 29.3 Å². The largest absolute Gasteiger partial charge is 0.462 e. The standard InChI is InChI=1S/C19H23N3O4S/c1-5-26-18(25)15-10-20-19(27-4)22(17(15)24)11-16(23)21-14-8-6-13(7-9-14)12(2)3/h6-10,12H,5,11H2,1-4H3,(H,21,23). The average Bonchev–Trinajstić information content (AvgIpc) is 2.63. The maximum atomic E-state index is 12.6. The second-order valence-corrected chi connectivity index (χ2v) is 6.87. The number of aromatic nitrogens is 2. The van der Waals surface area contributed by atoms with Crippen LogP contribution < -0.4 is 10.9 Å². The van der Waals surface area contributed by atoms with Crippen molar-refractivity contribution in [2.45, 2.75) is 38.4 Å². The molecule has 1 heterocycles. The van der Waals surface area contributed by atoms with E-state index in [2.05, 4.69) is 24.1 Å². The van der Waals surface area contributed by atoms with Gasteiger partial charge in [0.25, 0.3) is 5.56 Å². The molecule has 7 nitrogen and oxygen atoms in total. The summed E-state index contributed by atoms with van der Waals surface area (Å²) in [5.41, 5.74) is 1.01. The zero-order valence-electron chi connectivity index (χ0n) is 15.8. The van der Waals surface area contributed by atoms with Crippen molar-refractivity contribution in [2.24, 2.45) is 0 Å². The van der Waals surface area contributed by atoms with Crippen LogP contribution in [0, 0.1) is 0 Å². The van der Waals surface area contributed by atoms with Crippen molar-refractivity contribution < 1.29 is 14.3 Å². The molecule has 0 aliphatic rings. The number of nitrogens with zero attached hydrogens (tertiary/aromatic N) is 2. The summed E-state index contributed by atoms with van der Waals surface area (Å²) in [6.07, 6.45) is 2.93. The van der Waals surface area contributed by atoms with Gasteiger partial charge in [-0.05, 0) is 36.8 Å². The number of carbonyl (C=O) groups excluding carboxylic acids is 2. The topological polar surface area (TPSA) is 90.3 Å². The van der Waals surface area contributed by atoms with E-state index in [1.165, 1.54) is 28.1 Å². The third kappa shape index (κ3) is 5.19. The summed E-state index contributed by atoms with van der Waals surface area (Å²) in [5, 5.41) is 3.10. The van der Waals surface area contributed by atoms with Crippen LogP contribution in [-0.4, -0.2) is 34.3 Å². The van der Waals surface area contributed by atoms with E-state index in [1.807, 2.05) is 24.3 Å². The van der Waals surface area contributed by atoms with E-state index in [-0.39, 0.29) is 24.6 Å². The number of esters is 1. The first-order valence-corrected chi connectivity index (χ1v) is 9.80. The van der Waals surface area contributed by atoms with Crippen LogP contribution in [0.25, 0.3) is 0 Å². The fourth-order valence-corrected chi connectivity index (χ4v) is 2.95. The van der Waals surface area contributed by atoms with E-state index in [4.69, 9.17) is 4.74 Å². The molecular weight excluding hydrogens is 366 g/mol. The van der Waals surface area contributed by atoms with Crippen molar-refractivity contribution in [2.75, 3.05) is 18.2 Å². The first kappa shape index (κ1) is 20.7. The summed E-state index contributed by atoms with van der Waals surface area (Å²) >= 11 is 1.22. The normalized spacial score (nSPS) is 10.7. The molecule has 0 unspecified atom stereocenters. The average molecular weight is 389 g/mol. The Morgan fingerprint density at radius 1 is 1.26 bits per heavy atom. The molecule has 0 spiro atoms. The van der Waals surface area contributed by atoms with Crippen molar-refractivity contribution in [3.05, 3.63) is 51.9 Å². The molecule has 8 heteroatoms. The number of nitrogens with one attached hydrogen (secondary N) is 1. The van der Waals surface area contributed by atoms with Gasteiger partial charge in [0.1, 0.15) is 12.1 Å². The highest BCUT2D eigenvalue weighted by molar-refractivity contribution is 7.98. The SMILES string of the molecule is CCOC(=O)c1cnc(SC)n(CC(=O)Nc2ccc(C(C)C)cc2)c1=O. The molecular formula is C19H23N3O4S. The lowest BCUT2D eigenvalue weighted by Crippen LogP contribution is -2.33. The monoisotopic (exact) mass is 389 g/mol. The molecule has 0 aliphatic carbocycles. The molecule has 1 N–H and O–H groups in total. The number of carbonyl (C=O) groups is 2. The van der Waals surface area contributed by atoms with E-state index in [9.17, 15) is 14.4 Å². The van der Waals surface area contributed by atoms with Gasteiger partial charge in [0, 0.05) is 5.69 Å². The Morgan fingerprint density at radius 2 is 1.93 bits per heavy atom. The molecule has 2 aromatic rings. The molecule has 0 radical (unpaired) electrons. The van der Waals surface area contributed by atoms with Crippen LogP contribution in [0.2, 0.25) is 0 Å². The van der Waals surface area contributed by atoms with Crippen molar-refractivity contribution in [1.29, 1.82) is 0 Å². The molecule has 0 saturated heterocycles. The molecule has 1 aromatic heterocycles. The van der Waals surface area contributed by atoms with Crippen molar-refractivity contribution in [3.8, 4) is 0 Å². The maximum Gasteiger partial charge on any atom is 0.345 e.